The van der Waals surface area contributed by atoms with Crippen LogP contribution in [0, 0.1) is 0 Å². The molecule has 0 aliphatic heterocycles. The summed E-state index contributed by atoms with van der Waals surface area (Å²) in [7, 11) is 0. The quantitative estimate of drug-likeness (QED) is 0.418. The predicted octanol–water partition coefficient (Wildman–Crippen LogP) is 5.02. The fraction of sp³-hybridized carbons (Fsp3) is 0. The summed E-state index contributed by atoms with van der Waals surface area (Å²) >= 11 is 1.43. The lowest BCUT2D eigenvalue weighted by Crippen LogP contribution is -1.95. The molecule has 0 fully saturated rings. The average molecular weight is 366 g/mol. The number of carboxylic acids is 1. The van der Waals surface area contributed by atoms with Crippen molar-refractivity contribution in [2.75, 3.05) is 4.72 Å². The molecular weight excluding hydrogens is 352 g/mol. The van der Waals surface area contributed by atoms with E-state index in [9.17, 15) is 9.90 Å². The summed E-state index contributed by atoms with van der Waals surface area (Å²) in [6.45, 7) is 0. The molecule has 0 aliphatic carbocycles. The molecule has 0 bridgehead atoms. The van der Waals surface area contributed by atoms with Crippen molar-refractivity contribution in [1.29, 1.82) is 0 Å². The monoisotopic (exact) mass is 366 g/mol. The fourth-order valence-electron chi connectivity index (χ4n) is 1.99. The number of benzene rings is 2. The minimum atomic E-state index is -1.22. The van der Waals surface area contributed by atoms with Crippen molar-refractivity contribution in [2.45, 2.75) is 4.90 Å². The van der Waals surface area contributed by atoms with Gasteiger partial charge in [-0.25, -0.2) is 9.78 Å². The first-order chi connectivity index (χ1) is 12.6. The van der Waals surface area contributed by atoms with Crippen LogP contribution in [0.5, 0.6) is 5.75 Å². The highest BCUT2D eigenvalue weighted by atomic mass is 32.2. The zero-order valence-corrected chi connectivity index (χ0v) is 14.2. The zero-order valence-electron chi connectivity index (χ0n) is 13.4. The van der Waals surface area contributed by atoms with Crippen LogP contribution in [0.15, 0.2) is 82.0 Å². The number of hydrogen-bond acceptors (Lipinski definition) is 7. The molecule has 3 aromatic rings. The number of azo groups is 1. The number of carbonyl (C=O) groups is 1. The molecular formula is C18H14N4O3S. The van der Waals surface area contributed by atoms with Crippen molar-refractivity contribution >= 4 is 35.1 Å². The van der Waals surface area contributed by atoms with Crippen molar-refractivity contribution in [2.24, 2.45) is 10.2 Å². The maximum Gasteiger partial charge on any atom is 0.339 e. The molecule has 0 saturated heterocycles. The number of nitrogens with zero attached hydrogens (tertiary/aromatic N) is 3. The minimum Gasteiger partial charge on any atom is -0.507 e. The number of hydrogen-bond donors (Lipinski definition) is 3. The topological polar surface area (TPSA) is 107 Å². The predicted molar refractivity (Wildman–Crippen MR) is 99.4 cm³/mol. The third kappa shape index (κ3) is 4.58. The van der Waals surface area contributed by atoms with Gasteiger partial charge in [-0.05, 0) is 66.5 Å². The number of nitrogens with one attached hydrogen (secondary N) is 1. The Labute approximate surface area is 153 Å². The molecule has 8 heteroatoms. The smallest absolute Gasteiger partial charge is 0.339 e. The van der Waals surface area contributed by atoms with E-state index in [2.05, 4.69) is 19.9 Å². The van der Waals surface area contributed by atoms with E-state index in [0.717, 1.165) is 10.7 Å². The van der Waals surface area contributed by atoms with Gasteiger partial charge in [-0.1, -0.05) is 6.07 Å². The molecule has 3 rings (SSSR count). The van der Waals surface area contributed by atoms with Crippen LogP contribution in [0.4, 0.5) is 17.2 Å². The summed E-state index contributed by atoms with van der Waals surface area (Å²) < 4.78 is 3.13. The minimum absolute atomic E-state index is 0.214. The summed E-state index contributed by atoms with van der Waals surface area (Å²) in [5.41, 5.74) is 0.751. The van der Waals surface area contributed by atoms with Crippen molar-refractivity contribution in [3.05, 3.63) is 72.4 Å². The van der Waals surface area contributed by atoms with E-state index in [1.807, 2.05) is 30.3 Å². The Morgan fingerprint density at radius 2 is 1.73 bits per heavy atom. The van der Waals surface area contributed by atoms with E-state index in [1.54, 1.807) is 18.3 Å². The van der Waals surface area contributed by atoms with Crippen LogP contribution in [0.1, 0.15) is 10.4 Å². The van der Waals surface area contributed by atoms with Crippen LogP contribution in [0.3, 0.4) is 0 Å². The molecule has 0 radical (unpaired) electrons. The second-order valence-corrected chi connectivity index (χ2v) is 6.00. The number of aromatic hydroxyl groups is 1. The molecule has 0 amide bonds. The van der Waals surface area contributed by atoms with Gasteiger partial charge in [-0.2, -0.15) is 10.2 Å². The van der Waals surface area contributed by atoms with Crippen molar-refractivity contribution in [1.82, 2.24) is 4.98 Å². The van der Waals surface area contributed by atoms with Gasteiger partial charge < -0.3 is 14.9 Å². The third-order valence-electron chi connectivity index (χ3n) is 3.27. The third-order valence-corrected chi connectivity index (χ3v) is 4.09. The molecule has 26 heavy (non-hydrogen) atoms. The van der Waals surface area contributed by atoms with Gasteiger partial charge in [0.1, 0.15) is 17.1 Å². The summed E-state index contributed by atoms with van der Waals surface area (Å²) in [6, 6.07) is 17.0. The van der Waals surface area contributed by atoms with Gasteiger partial charge in [0.2, 0.25) is 0 Å². The molecule has 0 aliphatic rings. The lowest BCUT2D eigenvalue weighted by molar-refractivity contribution is 0.0694. The Morgan fingerprint density at radius 1 is 1.00 bits per heavy atom. The van der Waals surface area contributed by atoms with E-state index in [0.29, 0.717) is 11.4 Å². The van der Waals surface area contributed by atoms with Gasteiger partial charge in [0, 0.05) is 11.1 Å². The van der Waals surface area contributed by atoms with Gasteiger partial charge in [0.15, 0.2) is 0 Å². The highest BCUT2D eigenvalue weighted by molar-refractivity contribution is 8.00. The van der Waals surface area contributed by atoms with Crippen LogP contribution in [0.25, 0.3) is 0 Å². The van der Waals surface area contributed by atoms with Crippen molar-refractivity contribution < 1.29 is 15.0 Å². The highest BCUT2D eigenvalue weighted by Gasteiger charge is 2.09. The number of pyridine rings is 1. The molecule has 0 atom stereocenters. The van der Waals surface area contributed by atoms with Gasteiger partial charge >= 0.3 is 5.97 Å². The maximum atomic E-state index is 11.0. The molecule has 2 aromatic carbocycles. The number of rotatable bonds is 6. The number of aromatic carboxylic acids is 1. The number of anilines is 1. The summed E-state index contributed by atoms with van der Waals surface area (Å²) in [6.07, 6.45) is 1.71. The first-order valence-corrected chi connectivity index (χ1v) is 8.35. The first kappa shape index (κ1) is 17.4. The van der Waals surface area contributed by atoms with Crippen molar-refractivity contribution in [3.8, 4) is 5.75 Å². The number of carboxylic acid groups (broad SMARTS) is 1. The maximum absolute atomic E-state index is 11.0. The molecule has 0 saturated carbocycles. The van der Waals surface area contributed by atoms with Gasteiger partial charge in [-0.3, -0.25) is 0 Å². The first-order valence-electron chi connectivity index (χ1n) is 7.54. The van der Waals surface area contributed by atoms with Gasteiger partial charge in [-0.15, -0.1) is 0 Å². The Kier molecular flexibility index (Phi) is 5.45. The summed E-state index contributed by atoms with van der Waals surface area (Å²) in [5.74, 6) is -0.762. The molecule has 7 nitrogen and oxygen atoms in total. The lowest BCUT2D eigenvalue weighted by atomic mass is 10.2. The van der Waals surface area contributed by atoms with Crippen LogP contribution in [0.2, 0.25) is 0 Å². The standard InChI is InChI=1S/C18H14N4O3S/c23-16-9-6-13(11-15(16)18(24)25)21-20-12-4-7-14(8-5-12)26-22-17-3-1-2-10-19-17/h1-11,23H,(H,19,22)(H,24,25)/b21-20+. The average Bonchev–Trinajstić information content (AvgIpc) is 2.67. The second-order valence-electron chi connectivity index (χ2n) is 5.12. The molecule has 0 unspecified atom stereocenters. The number of aromatic nitrogens is 1. The van der Waals surface area contributed by atoms with Crippen LogP contribution < -0.4 is 4.72 Å². The normalized spacial score (nSPS) is 10.8. The van der Waals surface area contributed by atoms with Gasteiger partial charge in [0.05, 0.1) is 11.4 Å². The Morgan fingerprint density at radius 3 is 2.42 bits per heavy atom. The Balaban J connectivity index is 1.64. The van der Waals surface area contributed by atoms with Crippen LogP contribution in [-0.4, -0.2) is 21.2 Å². The van der Waals surface area contributed by atoms with E-state index in [1.165, 1.54) is 30.1 Å². The number of phenols is 1. The highest BCUT2D eigenvalue weighted by Crippen LogP contribution is 2.26. The Bertz CT molecular complexity index is 931. The largest absolute Gasteiger partial charge is 0.507 e. The second kappa shape index (κ2) is 8.13. The van der Waals surface area contributed by atoms with Crippen LogP contribution in [-0.2, 0) is 0 Å². The van der Waals surface area contributed by atoms with Crippen LogP contribution >= 0.6 is 11.9 Å². The molecule has 1 aromatic heterocycles. The summed E-state index contributed by atoms with van der Waals surface area (Å²) in [5, 5.41) is 26.6. The lowest BCUT2D eigenvalue weighted by Gasteiger charge is -2.04. The zero-order chi connectivity index (χ0) is 18.4. The molecule has 3 N–H and O–H groups in total. The molecule has 130 valence electrons. The van der Waals surface area contributed by atoms with E-state index < -0.39 is 5.97 Å². The SMILES string of the molecule is O=C(O)c1cc(/N=N/c2ccc(SNc3ccccn3)cc2)ccc1O. The van der Waals surface area contributed by atoms with E-state index in [4.69, 9.17) is 5.11 Å². The van der Waals surface area contributed by atoms with E-state index in [-0.39, 0.29) is 11.3 Å². The van der Waals surface area contributed by atoms with E-state index >= 15 is 0 Å². The van der Waals surface area contributed by atoms with Gasteiger partial charge in [0.25, 0.3) is 0 Å². The molecule has 1 heterocycles. The Hall–Kier alpha value is -3.39. The summed E-state index contributed by atoms with van der Waals surface area (Å²) in [4.78, 5) is 16.2. The fourth-order valence-corrected chi connectivity index (χ4v) is 2.60. The molecule has 0 spiro atoms. The van der Waals surface area contributed by atoms with Crippen molar-refractivity contribution in [3.63, 3.8) is 0 Å².